The Hall–Kier alpha value is -2.07. The molecule has 100 valence electrons. The minimum atomic E-state index is -0.0111. The Balaban J connectivity index is 1.81. The average Bonchev–Trinajstić information content (AvgIpc) is 2.92. The molecule has 2 aromatic rings. The van der Waals surface area contributed by atoms with Gasteiger partial charge in [-0.3, -0.25) is 4.79 Å². The summed E-state index contributed by atoms with van der Waals surface area (Å²) in [6.07, 6.45) is 3.50. The third-order valence-electron chi connectivity index (χ3n) is 2.85. The van der Waals surface area contributed by atoms with Gasteiger partial charge in [0.1, 0.15) is 5.76 Å². The van der Waals surface area contributed by atoms with Crippen molar-refractivity contribution in [1.82, 2.24) is 0 Å². The molecule has 0 bridgehead atoms. The number of aryl methyl sites for hydroxylation is 1. The molecule has 0 spiro atoms. The quantitative estimate of drug-likeness (QED) is 0.835. The van der Waals surface area contributed by atoms with Crippen LogP contribution in [0.5, 0.6) is 0 Å². The molecule has 0 saturated carbocycles. The van der Waals surface area contributed by atoms with Gasteiger partial charge >= 0.3 is 0 Å². The standard InChI is InChI=1S/C15H18N2O2/c16-10-9-12-3-5-13(6-4-12)17-15(18)8-7-14-2-1-11-19-14/h1-6,11H,7-10,16H2,(H,17,18). The summed E-state index contributed by atoms with van der Waals surface area (Å²) < 4.78 is 5.18. The van der Waals surface area contributed by atoms with E-state index in [1.165, 1.54) is 5.56 Å². The first-order valence-corrected chi connectivity index (χ1v) is 6.39. The van der Waals surface area contributed by atoms with E-state index in [1.54, 1.807) is 6.26 Å². The summed E-state index contributed by atoms with van der Waals surface area (Å²) in [5.41, 5.74) is 7.47. The lowest BCUT2D eigenvalue weighted by Gasteiger charge is -2.05. The summed E-state index contributed by atoms with van der Waals surface area (Å²) >= 11 is 0. The van der Waals surface area contributed by atoms with Crippen LogP contribution < -0.4 is 11.1 Å². The highest BCUT2D eigenvalue weighted by Gasteiger charge is 2.04. The van der Waals surface area contributed by atoms with Gasteiger partial charge in [-0.15, -0.1) is 0 Å². The Labute approximate surface area is 112 Å². The Morgan fingerprint density at radius 2 is 1.95 bits per heavy atom. The zero-order valence-electron chi connectivity index (χ0n) is 10.8. The predicted octanol–water partition coefficient (Wildman–Crippen LogP) is 2.35. The van der Waals surface area contributed by atoms with Crippen molar-refractivity contribution in [2.24, 2.45) is 5.73 Å². The highest BCUT2D eigenvalue weighted by molar-refractivity contribution is 5.90. The van der Waals surface area contributed by atoms with Crippen LogP contribution in [0.2, 0.25) is 0 Å². The zero-order chi connectivity index (χ0) is 13.5. The van der Waals surface area contributed by atoms with Gasteiger partial charge in [-0.25, -0.2) is 0 Å². The van der Waals surface area contributed by atoms with E-state index in [0.29, 0.717) is 19.4 Å². The number of carbonyl (C=O) groups excluding carboxylic acids is 1. The van der Waals surface area contributed by atoms with Gasteiger partial charge in [0.2, 0.25) is 5.91 Å². The zero-order valence-corrected chi connectivity index (χ0v) is 10.8. The number of nitrogens with one attached hydrogen (secondary N) is 1. The number of nitrogens with two attached hydrogens (primary N) is 1. The number of carbonyl (C=O) groups is 1. The molecule has 0 fully saturated rings. The van der Waals surface area contributed by atoms with Gasteiger partial charge in [-0.05, 0) is 42.8 Å². The number of furan rings is 1. The third-order valence-corrected chi connectivity index (χ3v) is 2.85. The van der Waals surface area contributed by atoms with Gasteiger partial charge < -0.3 is 15.5 Å². The molecule has 4 nitrogen and oxygen atoms in total. The topological polar surface area (TPSA) is 68.3 Å². The molecule has 2 rings (SSSR count). The summed E-state index contributed by atoms with van der Waals surface area (Å²) in [7, 11) is 0. The number of anilines is 1. The average molecular weight is 258 g/mol. The van der Waals surface area contributed by atoms with Crippen LogP contribution >= 0.6 is 0 Å². The molecule has 1 aromatic carbocycles. The van der Waals surface area contributed by atoms with Crippen molar-refractivity contribution in [2.45, 2.75) is 19.3 Å². The number of benzene rings is 1. The number of hydrogen-bond acceptors (Lipinski definition) is 3. The highest BCUT2D eigenvalue weighted by atomic mass is 16.3. The van der Waals surface area contributed by atoms with Crippen LogP contribution in [0.15, 0.2) is 47.1 Å². The fraction of sp³-hybridized carbons (Fsp3) is 0.267. The van der Waals surface area contributed by atoms with Gasteiger partial charge in [-0.2, -0.15) is 0 Å². The lowest BCUT2D eigenvalue weighted by atomic mass is 10.1. The van der Waals surface area contributed by atoms with Crippen LogP contribution in [-0.4, -0.2) is 12.5 Å². The number of rotatable bonds is 6. The lowest BCUT2D eigenvalue weighted by Crippen LogP contribution is -2.12. The first kappa shape index (κ1) is 13.4. The van der Waals surface area contributed by atoms with Crippen molar-refractivity contribution >= 4 is 11.6 Å². The van der Waals surface area contributed by atoms with E-state index in [4.69, 9.17) is 10.2 Å². The number of amides is 1. The molecular weight excluding hydrogens is 240 g/mol. The smallest absolute Gasteiger partial charge is 0.224 e. The van der Waals surface area contributed by atoms with Gasteiger partial charge in [0.15, 0.2) is 0 Å². The molecule has 4 heteroatoms. The SMILES string of the molecule is NCCc1ccc(NC(=O)CCc2ccco2)cc1. The number of hydrogen-bond donors (Lipinski definition) is 2. The molecule has 1 aromatic heterocycles. The van der Waals surface area contributed by atoms with E-state index in [1.807, 2.05) is 36.4 Å². The second kappa shape index (κ2) is 6.75. The van der Waals surface area contributed by atoms with E-state index in [-0.39, 0.29) is 5.91 Å². The molecule has 1 amide bonds. The van der Waals surface area contributed by atoms with Crippen molar-refractivity contribution in [3.05, 3.63) is 54.0 Å². The van der Waals surface area contributed by atoms with Crippen LogP contribution in [0.3, 0.4) is 0 Å². The maximum atomic E-state index is 11.7. The van der Waals surface area contributed by atoms with E-state index < -0.39 is 0 Å². The van der Waals surface area contributed by atoms with Crippen molar-refractivity contribution in [2.75, 3.05) is 11.9 Å². The van der Waals surface area contributed by atoms with E-state index >= 15 is 0 Å². The molecule has 0 aliphatic heterocycles. The second-order valence-electron chi connectivity index (χ2n) is 4.36. The summed E-state index contributed by atoms with van der Waals surface area (Å²) in [5, 5.41) is 2.86. The van der Waals surface area contributed by atoms with Crippen LogP contribution in [0.4, 0.5) is 5.69 Å². The van der Waals surface area contributed by atoms with Crippen LogP contribution in [0, 0.1) is 0 Å². The van der Waals surface area contributed by atoms with Gasteiger partial charge in [-0.1, -0.05) is 12.1 Å². The van der Waals surface area contributed by atoms with Crippen molar-refractivity contribution in [3.8, 4) is 0 Å². The Bertz CT molecular complexity index is 503. The third kappa shape index (κ3) is 4.26. The second-order valence-corrected chi connectivity index (χ2v) is 4.36. The Morgan fingerprint density at radius 1 is 1.16 bits per heavy atom. The minimum Gasteiger partial charge on any atom is -0.469 e. The normalized spacial score (nSPS) is 10.4. The monoisotopic (exact) mass is 258 g/mol. The molecule has 0 saturated heterocycles. The van der Waals surface area contributed by atoms with Crippen LogP contribution in [0.1, 0.15) is 17.7 Å². The van der Waals surface area contributed by atoms with E-state index in [2.05, 4.69) is 5.32 Å². The van der Waals surface area contributed by atoms with Crippen LogP contribution in [-0.2, 0) is 17.6 Å². The first-order chi connectivity index (χ1) is 9.28. The van der Waals surface area contributed by atoms with Crippen molar-refractivity contribution < 1.29 is 9.21 Å². The molecule has 0 aliphatic carbocycles. The summed E-state index contributed by atoms with van der Waals surface area (Å²) in [6.45, 7) is 0.634. The first-order valence-electron chi connectivity index (χ1n) is 6.39. The fourth-order valence-corrected chi connectivity index (χ4v) is 1.84. The molecule has 3 N–H and O–H groups in total. The van der Waals surface area contributed by atoms with Crippen molar-refractivity contribution in [3.63, 3.8) is 0 Å². The molecule has 1 heterocycles. The lowest BCUT2D eigenvalue weighted by molar-refractivity contribution is -0.116. The summed E-state index contributed by atoms with van der Waals surface area (Å²) in [6, 6.07) is 11.5. The fourth-order valence-electron chi connectivity index (χ4n) is 1.84. The van der Waals surface area contributed by atoms with Gasteiger partial charge in [0, 0.05) is 18.5 Å². The van der Waals surface area contributed by atoms with Crippen LogP contribution in [0.25, 0.3) is 0 Å². The molecular formula is C15H18N2O2. The largest absolute Gasteiger partial charge is 0.469 e. The molecule has 0 aliphatic rings. The molecule has 0 unspecified atom stereocenters. The summed E-state index contributed by atoms with van der Waals surface area (Å²) in [5.74, 6) is 0.816. The molecule has 19 heavy (non-hydrogen) atoms. The Morgan fingerprint density at radius 3 is 2.58 bits per heavy atom. The van der Waals surface area contributed by atoms with Gasteiger partial charge in [0.05, 0.1) is 6.26 Å². The Kier molecular flexibility index (Phi) is 4.75. The predicted molar refractivity (Wildman–Crippen MR) is 74.9 cm³/mol. The van der Waals surface area contributed by atoms with E-state index in [9.17, 15) is 4.79 Å². The molecule has 0 atom stereocenters. The van der Waals surface area contributed by atoms with Gasteiger partial charge in [0.25, 0.3) is 0 Å². The van der Waals surface area contributed by atoms with E-state index in [0.717, 1.165) is 17.9 Å². The summed E-state index contributed by atoms with van der Waals surface area (Å²) in [4.78, 5) is 11.7. The minimum absolute atomic E-state index is 0.0111. The maximum Gasteiger partial charge on any atom is 0.224 e. The van der Waals surface area contributed by atoms with Crippen molar-refractivity contribution in [1.29, 1.82) is 0 Å². The highest BCUT2D eigenvalue weighted by Crippen LogP contribution is 2.11. The maximum absolute atomic E-state index is 11.7. The molecule has 0 radical (unpaired) electrons.